The number of nitrogens with one attached hydrogen (secondary N) is 1. The second-order valence-corrected chi connectivity index (χ2v) is 5.95. The van der Waals surface area contributed by atoms with Crippen LogP contribution in [-0.4, -0.2) is 32.6 Å². The van der Waals surface area contributed by atoms with Gasteiger partial charge in [-0.15, -0.1) is 0 Å². The van der Waals surface area contributed by atoms with E-state index in [-0.39, 0.29) is 18.4 Å². The molecule has 0 aliphatic carbocycles. The number of esters is 1. The molecule has 6 heteroatoms. The highest BCUT2D eigenvalue weighted by molar-refractivity contribution is 5.84. The van der Waals surface area contributed by atoms with E-state index in [0.717, 1.165) is 0 Å². The van der Waals surface area contributed by atoms with Crippen LogP contribution in [0, 0.1) is 5.41 Å². The quantitative estimate of drug-likeness (QED) is 0.634. The standard InChI is InChI=1S/C16H24N2O4/c1-16(2,3)15(20)22-12-7-6-10(8-13(12)21-5)11(9-17)14(19)18-4/h6-8,11H,9,17H2,1-5H3,(H,18,19). The van der Waals surface area contributed by atoms with Crippen LogP contribution in [0.4, 0.5) is 0 Å². The Kier molecular flexibility index (Phi) is 5.93. The molecule has 0 saturated heterocycles. The van der Waals surface area contributed by atoms with E-state index >= 15 is 0 Å². The van der Waals surface area contributed by atoms with Crippen LogP contribution >= 0.6 is 0 Å². The van der Waals surface area contributed by atoms with E-state index in [1.165, 1.54) is 7.11 Å². The Morgan fingerprint density at radius 3 is 2.36 bits per heavy atom. The fraction of sp³-hybridized carbons (Fsp3) is 0.500. The van der Waals surface area contributed by atoms with Gasteiger partial charge in [0.05, 0.1) is 18.4 Å². The number of methoxy groups -OCH3 is 1. The molecule has 0 aliphatic heterocycles. The molecule has 0 bridgehead atoms. The first-order chi connectivity index (χ1) is 10.2. The average molecular weight is 308 g/mol. The second kappa shape index (κ2) is 7.26. The lowest BCUT2D eigenvalue weighted by Gasteiger charge is -2.19. The lowest BCUT2D eigenvalue weighted by molar-refractivity contribution is -0.143. The summed E-state index contributed by atoms with van der Waals surface area (Å²) in [6.45, 7) is 5.48. The Balaban J connectivity index is 3.10. The fourth-order valence-corrected chi connectivity index (χ4v) is 1.81. The van der Waals surface area contributed by atoms with E-state index in [1.54, 1.807) is 46.0 Å². The number of nitrogens with two attached hydrogens (primary N) is 1. The zero-order chi connectivity index (χ0) is 16.9. The number of hydrogen-bond donors (Lipinski definition) is 2. The van der Waals surface area contributed by atoms with Crippen LogP contribution in [0.25, 0.3) is 0 Å². The Labute approximate surface area is 131 Å². The Morgan fingerprint density at radius 2 is 1.91 bits per heavy atom. The van der Waals surface area contributed by atoms with Crippen LogP contribution in [0.1, 0.15) is 32.3 Å². The van der Waals surface area contributed by atoms with Gasteiger partial charge in [0.15, 0.2) is 11.5 Å². The molecule has 1 amide bonds. The van der Waals surface area contributed by atoms with E-state index in [1.807, 2.05) is 0 Å². The van der Waals surface area contributed by atoms with Crippen molar-refractivity contribution in [2.75, 3.05) is 20.7 Å². The SMILES string of the molecule is CNC(=O)C(CN)c1ccc(OC(=O)C(C)(C)C)c(OC)c1. The number of benzene rings is 1. The molecule has 0 aliphatic rings. The van der Waals surface area contributed by atoms with Crippen LogP contribution in [0.15, 0.2) is 18.2 Å². The third-order valence-electron chi connectivity index (χ3n) is 3.20. The van der Waals surface area contributed by atoms with E-state index in [0.29, 0.717) is 17.1 Å². The van der Waals surface area contributed by atoms with E-state index in [4.69, 9.17) is 15.2 Å². The fourth-order valence-electron chi connectivity index (χ4n) is 1.81. The number of carbonyl (C=O) groups excluding carboxylic acids is 2. The molecule has 1 rings (SSSR count). The highest BCUT2D eigenvalue weighted by Gasteiger charge is 2.26. The van der Waals surface area contributed by atoms with Crippen molar-refractivity contribution < 1.29 is 19.1 Å². The smallest absolute Gasteiger partial charge is 0.316 e. The summed E-state index contributed by atoms with van der Waals surface area (Å²) in [7, 11) is 3.03. The average Bonchev–Trinajstić information content (AvgIpc) is 2.47. The molecule has 0 spiro atoms. The van der Waals surface area contributed by atoms with Crippen molar-refractivity contribution in [3.05, 3.63) is 23.8 Å². The van der Waals surface area contributed by atoms with Gasteiger partial charge in [-0.25, -0.2) is 0 Å². The zero-order valence-corrected chi connectivity index (χ0v) is 13.7. The van der Waals surface area contributed by atoms with Gasteiger partial charge in [0.25, 0.3) is 0 Å². The summed E-state index contributed by atoms with van der Waals surface area (Å²) >= 11 is 0. The van der Waals surface area contributed by atoms with Crippen LogP contribution in [-0.2, 0) is 9.59 Å². The summed E-state index contributed by atoms with van der Waals surface area (Å²) < 4.78 is 10.6. The maximum absolute atomic E-state index is 12.0. The molecule has 0 saturated carbocycles. The first-order valence-electron chi connectivity index (χ1n) is 7.06. The van der Waals surface area contributed by atoms with Gasteiger partial charge in [-0.2, -0.15) is 0 Å². The van der Waals surface area contributed by atoms with E-state index in [2.05, 4.69) is 5.32 Å². The highest BCUT2D eigenvalue weighted by Crippen LogP contribution is 2.32. The summed E-state index contributed by atoms with van der Waals surface area (Å²) in [5, 5.41) is 2.57. The Morgan fingerprint density at radius 1 is 1.27 bits per heavy atom. The third-order valence-corrected chi connectivity index (χ3v) is 3.20. The van der Waals surface area contributed by atoms with Crippen molar-refractivity contribution >= 4 is 11.9 Å². The van der Waals surface area contributed by atoms with E-state index in [9.17, 15) is 9.59 Å². The summed E-state index contributed by atoms with van der Waals surface area (Å²) in [4.78, 5) is 23.8. The summed E-state index contributed by atoms with van der Waals surface area (Å²) in [5.41, 5.74) is 5.75. The summed E-state index contributed by atoms with van der Waals surface area (Å²) in [5.74, 6) is -0.313. The van der Waals surface area contributed by atoms with Crippen molar-refractivity contribution in [1.82, 2.24) is 5.32 Å². The monoisotopic (exact) mass is 308 g/mol. The number of likely N-dealkylation sites (N-methyl/N-ethyl adjacent to an activating group) is 1. The predicted molar refractivity (Wildman–Crippen MR) is 83.9 cm³/mol. The van der Waals surface area contributed by atoms with Crippen molar-refractivity contribution in [1.29, 1.82) is 0 Å². The molecule has 3 N–H and O–H groups in total. The maximum Gasteiger partial charge on any atom is 0.316 e. The van der Waals surface area contributed by atoms with Crippen LogP contribution in [0.2, 0.25) is 0 Å². The van der Waals surface area contributed by atoms with Gasteiger partial charge >= 0.3 is 5.97 Å². The Bertz CT molecular complexity index is 550. The van der Waals surface area contributed by atoms with Crippen LogP contribution < -0.4 is 20.5 Å². The maximum atomic E-state index is 12.0. The molecule has 1 aromatic rings. The van der Waals surface area contributed by atoms with E-state index < -0.39 is 11.3 Å². The molecular weight excluding hydrogens is 284 g/mol. The zero-order valence-electron chi connectivity index (χ0n) is 13.7. The topological polar surface area (TPSA) is 90.7 Å². The van der Waals surface area contributed by atoms with Gasteiger partial charge in [-0.1, -0.05) is 6.07 Å². The number of carbonyl (C=O) groups is 2. The van der Waals surface area contributed by atoms with Gasteiger partial charge in [0.1, 0.15) is 0 Å². The second-order valence-electron chi connectivity index (χ2n) is 5.95. The van der Waals surface area contributed by atoms with Crippen molar-refractivity contribution in [3.63, 3.8) is 0 Å². The normalized spacial score (nSPS) is 12.5. The molecule has 22 heavy (non-hydrogen) atoms. The van der Waals surface area contributed by atoms with Crippen LogP contribution in [0.5, 0.6) is 11.5 Å². The third kappa shape index (κ3) is 4.21. The molecule has 0 heterocycles. The molecule has 1 aromatic carbocycles. The van der Waals surface area contributed by atoms with Crippen molar-refractivity contribution in [2.45, 2.75) is 26.7 Å². The lowest BCUT2D eigenvalue weighted by atomic mass is 9.97. The van der Waals surface area contributed by atoms with Crippen molar-refractivity contribution in [2.24, 2.45) is 11.1 Å². The number of hydrogen-bond acceptors (Lipinski definition) is 5. The van der Waals surface area contributed by atoms with Gasteiger partial charge in [-0.3, -0.25) is 9.59 Å². The molecule has 6 nitrogen and oxygen atoms in total. The predicted octanol–water partition coefficient (Wildman–Crippen LogP) is 1.43. The molecule has 1 atom stereocenters. The number of ether oxygens (including phenoxy) is 2. The first kappa shape index (κ1) is 18.0. The Hall–Kier alpha value is -2.08. The van der Waals surface area contributed by atoms with Crippen LogP contribution in [0.3, 0.4) is 0 Å². The number of amides is 1. The van der Waals surface area contributed by atoms with Gasteiger partial charge in [-0.05, 0) is 38.5 Å². The highest BCUT2D eigenvalue weighted by atomic mass is 16.6. The van der Waals surface area contributed by atoms with Gasteiger partial charge < -0.3 is 20.5 Å². The molecule has 0 radical (unpaired) electrons. The minimum absolute atomic E-state index is 0.171. The molecule has 0 aromatic heterocycles. The minimum Gasteiger partial charge on any atom is -0.493 e. The summed E-state index contributed by atoms with van der Waals surface area (Å²) in [6, 6.07) is 4.99. The minimum atomic E-state index is -0.619. The van der Waals surface area contributed by atoms with Gasteiger partial charge in [0, 0.05) is 13.6 Å². The largest absolute Gasteiger partial charge is 0.493 e. The lowest BCUT2D eigenvalue weighted by Crippen LogP contribution is -2.31. The molecule has 1 unspecified atom stereocenters. The molecular formula is C16H24N2O4. The first-order valence-corrected chi connectivity index (χ1v) is 7.06. The van der Waals surface area contributed by atoms with Gasteiger partial charge in [0.2, 0.25) is 5.91 Å². The molecule has 122 valence electrons. The number of rotatable bonds is 5. The molecule has 0 fully saturated rings. The van der Waals surface area contributed by atoms with Crippen molar-refractivity contribution in [3.8, 4) is 11.5 Å². The summed E-state index contributed by atoms with van der Waals surface area (Å²) in [6.07, 6.45) is 0.